The van der Waals surface area contributed by atoms with E-state index >= 15 is 0 Å². The third-order valence-corrected chi connectivity index (χ3v) is 7.72. The highest BCUT2D eigenvalue weighted by atomic mass is 32.2. The molecule has 0 unspecified atom stereocenters. The molecule has 2 heterocycles. The molecule has 0 atom stereocenters. The SMILES string of the molecule is C=C/C=C(\c1ccccn1)S(=O)(=O)Nc1ccc(C(=O)N2CCCN(C(=O)Cc3ccccc3F)CC2)cc1. The number of nitrogens with one attached hydrogen (secondary N) is 1. The topological polar surface area (TPSA) is 99.7 Å². The number of aromatic nitrogens is 1. The van der Waals surface area contributed by atoms with E-state index in [-0.39, 0.29) is 28.8 Å². The number of hydrogen-bond acceptors (Lipinski definition) is 5. The van der Waals surface area contributed by atoms with Crippen molar-refractivity contribution in [2.45, 2.75) is 12.8 Å². The summed E-state index contributed by atoms with van der Waals surface area (Å²) in [6.07, 6.45) is 4.82. The lowest BCUT2D eigenvalue weighted by atomic mass is 10.1. The molecule has 1 aromatic heterocycles. The van der Waals surface area contributed by atoms with Crippen LogP contribution in [-0.4, -0.2) is 61.2 Å². The van der Waals surface area contributed by atoms with Gasteiger partial charge < -0.3 is 9.80 Å². The summed E-state index contributed by atoms with van der Waals surface area (Å²) >= 11 is 0. The Hall–Kier alpha value is -4.31. The lowest BCUT2D eigenvalue weighted by Gasteiger charge is -2.22. The van der Waals surface area contributed by atoms with Crippen molar-refractivity contribution in [1.29, 1.82) is 0 Å². The summed E-state index contributed by atoms with van der Waals surface area (Å²) in [4.78, 5) is 33.3. The minimum atomic E-state index is -3.97. The number of sulfonamides is 1. The van der Waals surface area contributed by atoms with E-state index in [1.54, 1.807) is 58.3 Å². The molecule has 1 saturated heterocycles. The highest BCUT2D eigenvalue weighted by molar-refractivity contribution is 8.01. The Labute approximate surface area is 227 Å². The Balaban J connectivity index is 1.38. The Morgan fingerprint density at radius 2 is 1.64 bits per heavy atom. The van der Waals surface area contributed by atoms with Gasteiger partial charge in [0, 0.05) is 43.6 Å². The largest absolute Gasteiger partial charge is 0.341 e. The third kappa shape index (κ3) is 6.97. The minimum absolute atomic E-state index is 0.0258. The molecule has 0 saturated carbocycles. The Kier molecular flexibility index (Phi) is 8.88. The summed E-state index contributed by atoms with van der Waals surface area (Å²) in [6, 6.07) is 17.3. The molecule has 0 aliphatic carbocycles. The number of halogens is 1. The van der Waals surface area contributed by atoms with Gasteiger partial charge in [0.15, 0.2) is 0 Å². The van der Waals surface area contributed by atoms with Gasteiger partial charge in [-0.1, -0.05) is 36.9 Å². The van der Waals surface area contributed by atoms with Crippen LogP contribution >= 0.6 is 0 Å². The number of carbonyl (C=O) groups excluding carboxylic acids is 2. The van der Waals surface area contributed by atoms with E-state index in [0.717, 1.165) is 0 Å². The molecule has 202 valence electrons. The first-order chi connectivity index (χ1) is 18.8. The molecule has 4 rings (SSSR count). The molecule has 2 aromatic carbocycles. The Morgan fingerprint density at radius 1 is 0.949 bits per heavy atom. The van der Waals surface area contributed by atoms with Gasteiger partial charge in [0.05, 0.1) is 12.1 Å². The van der Waals surface area contributed by atoms with Crippen LogP contribution in [0.15, 0.2) is 91.7 Å². The molecular weight excluding hydrogens is 519 g/mol. The van der Waals surface area contributed by atoms with Gasteiger partial charge in [-0.3, -0.25) is 19.3 Å². The number of carbonyl (C=O) groups is 2. The van der Waals surface area contributed by atoms with Gasteiger partial charge >= 0.3 is 0 Å². The molecule has 1 aliphatic heterocycles. The Bertz CT molecular complexity index is 1470. The van der Waals surface area contributed by atoms with Crippen LogP contribution in [0.5, 0.6) is 0 Å². The maximum absolute atomic E-state index is 14.0. The second kappa shape index (κ2) is 12.5. The van der Waals surface area contributed by atoms with Gasteiger partial charge in [0.25, 0.3) is 15.9 Å². The summed E-state index contributed by atoms with van der Waals surface area (Å²) < 4.78 is 42.5. The average Bonchev–Trinajstić information content (AvgIpc) is 3.20. The van der Waals surface area contributed by atoms with Crippen molar-refractivity contribution in [2.24, 2.45) is 0 Å². The number of allylic oxidation sites excluding steroid dienone is 2. The quantitative estimate of drug-likeness (QED) is 0.427. The maximum atomic E-state index is 14.0. The molecular formula is C29H29FN4O4S. The van der Waals surface area contributed by atoms with Gasteiger partial charge in [-0.05, 0) is 60.5 Å². The zero-order valence-corrected chi connectivity index (χ0v) is 22.1. The van der Waals surface area contributed by atoms with E-state index in [2.05, 4.69) is 16.3 Å². The first kappa shape index (κ1) is 27.7. The fourth-order valence-corrected chi connectivity index (χ4v) is 5.52. The second-order valence-electron chi connectivity index (χ2n) is 8.96. The molecule has 0 radical (unpaired) electrons. The van der Waals surface area contributed by atoms with Crippen molar-refractivity contribution in [3.63, 3.8) is 0 Å². The zero-order valence-electron chi connectivity index (χ0n) is 21.3. The van der Waals surface area contributed by atoms with Crippen LogP contribution in [0, 0.1) is 5.82 Å². The molecule has 10 heteroatoms. The van der Waals surface area contributed by atoms with Gasteiger partial charge in [0.1, 0.15) is 10.7 Å². The molecule has 3 aromatic rings. The number of rotatable bonds is 8. The number of hydrogen-bond donors (Lipinski definition) is 1. The molecule has 1 N–H and O–H groups in total. The lowest BCUT2D eigenvalue weighted by Crippen LogP contribution is -2.38. The fraction of sp³-hybridized carbons (Fsp3) is 0.207. The van der Waals surface area contributed by atoms with Crippen molar-refractivity contribution in [3.8, 4) is 0 Å². The summed E-state index contributed by atoms with van der Waals surface area (Å²) in [6.45, 7) is 5.23. The standard InChI is InChI=1S/C29H29FN4O4S/c1-2-8-27(26-11-5-6-16-31-26)39(37,38)32-24-14-12-22(13-15-24)29(36)34-18-7-17-33(19-20-34)28(35)21-23-9-3-4-10-25(23)30/h2-6,8-16,32H,1,7,17-21H2/b27-8+. The van der Waals surface area contributed by atoms with E-state index in [9.17, 15) is 22.4 Å². The molecule has 2 amide bonds. The molecule has 1 aliphatic rings. The van der Waals surface area contributed by atoms with Gasteiger partial charge in [-0.25, -0.2) is 12.8 Å². The predicted molar refractivity (Wildman–Crippen MR) is 149 cm³/mol. The predicted octanol–water partition coefficient (Wildman–Crippen LogP) is 4.11. The molecule has 8 nitrogen and oxygen atoms in total. The number of amides is 2. The first-order valence-electron chi connectivity index (χ1n) is 12.5. The van der Waals surface area contributed by atoms with Crippen LogP contribution in [-0.2, 0) is 21.2 Å². The van der Waals surface area contributed by atoms with E-state index in [4.69, 9.17) is 0 Å². The summed E-state index contributed by atoms with van der Waals surface area (Å²) in [7, 11) is -3.97. The van der Waals surface area contributed by atoms with E-state index < -0.39 is 15.8 Å². The molecule has 39 heavy (non-hydrogen) atoms. The number of anilines is 1. The zero-order chi connectivity index (χ0) is 27.8. The molecule has 0 bridgehead atoms. The van der Waals surface area contributed by atoms with Crippen LogP contribution in [0.2, 0.25) is 0 Å². The van der Waals surface area contributed by atoms with Crippen LogP contribution in [0.3, 0.4) is 0 Å². The maximum Gasteiger partial charge on any atom is 0.264 e. The summed E-state index contributed by atoms with van der Waals surface area (Å²) in [5, 5.41) is 0. The molecule has 0 spiro atoms. The highest BCUT2D eigenvalue weighted by Gasteiger charge is 2.24. The van der Waals surface area contributed by atoms with E-state index in [1.165, 1.54) is 36.5 Å². The van der Waals surface area contributed by atoms with Crippen molar-refractivity contribution in [1.82, 2.24) is 14.8 Å². The fourth-order valence-electron chi connectivity index (χ4n) is 4.29. The van der Waals surface area contributed by atoms with Crippen LogP contribution in [0.25, 0.3) is 4.91 Å². The minimum Gasteiger partial charge on any atom is -0.341 e. The van der Waals surface area contributed by atoms with Crippen LogP contribution in [0.4, 0.5) is 10.1 Å². The summed E-state index contributed by atoms with van der Waals surface area (Å²) in [5.74, 6) is -0.803. The van der Waals surface area contributed by atoms with Crippen LogP contribution < -0.4 is 4.72 Å². The average molecular weight is 549 g/mol. The Morgan fingerprint density at radius 3 is 2.33 bits per heavy atom. The van der Waals surface area contributed by atoms with Gasteiger partial charge in [0.2, 0.25) is 5.91 Å². The number of benzene rings is 2. The van der Waals surface area contributed by atoms with Gasteiger partial charge in [-0.15, -0.1) is 0 Å². The highest BCUT2D eigenvalue weighted by Crippen LogP contribution is 2.23. The first-order valence-corrected chi connectivity index (χ1v) is 13.9. The van der Waals surface area contributed by atoms with Crippen LogP contribution in [0.1, 0.15) is 28.0 Å². The smallest absolute Gasteiger partial charge is 0.264 e. The monoisotopic (exact) mass is 548 g/mol. The van der Waals surface area contributed by atoms with Crippen molar-refractivity contribution in [3.05, 3.63) is 114 Å². The number of nitrogens with zero attached hydrogens (tertiary/aromatic N) is 3. The van der Waals surface area contributed by atoms with Crippen molar-refractivity contribution >= 4 is 32.4 Å². The lowest BCUT2D eigenvalue weighted by molar-refractivity contribution is -0.130. The van der Waals surface area contributed by atoms with E-state index in [0.29, 0.717) is 49.4 Å². The second-order valence-corrected chi connectivity index (χ2v) is 10.6. The van der Waals surface area contributed by atoms with Crippen molar-refractivity contribution < 1.29 is 22.4 Å². The summed E-state index contributed by atoms with van der Waals surface area (Å²) in [5.41, 5.74) is 1.32. The van der Waals surface area contributed by atoms with Crippen molar-refractivity contribution in [2.75, 3.05) is 30.9 Å². The van der Waals surface area contributed by atoms with E-state index in [1.807, 2.05) is 0 Å². The third-order valence-electron chi connectivity index (χ3n) is 6.30. The molecule has 1 fully saturated rings. The number of pyridine rings is 1. The van der Waals surface area contributed by atoms with Gasteiger partial charge in [-0.2, -0.15) is 0 Å². The normalized spacial score (nSPS) is 14.4.